The van der Waals surface area contributed by atoms with Gasteiger partial charge in [-0.3, -0.25) is 9.59 Å². The highest BCUT2D eigenvalue weighted by atomic mass is 35.5. The van der Waals surface area contributed by atoms with Gasteiger partial charge in [0.1, 0.15) is 5.56 Å². The highest BCUT2D eigenvalue weighted by Gasteiger charge is 2.22. The Labute approximate surface area is 154 Å². The summed E-state index contributed by atoms with van der Waals surface area (Å²) >= 11 is 12.0. The third kappa shape index (κ3) is 4.84. The molecule has 6 nitrogen and oxygen atoms in total. The predicted octanol–water partition coefficient (Wildman–Crippen LogP) is 3.10. The molecule has 1 amide bonds. The number of ether oxygens (including phenoxy) is 1. The lowest BCUT2D eigenvalue weighted by atomic mass is 10.1. The Balaban J connectivity index is 2.01. The van der Waals surface area contributed by atoms with Gasteiger partial charge < -0.3 is 15.0 Å². The van der Waals surface area contributed by atoms with Gasteiger partial charge in [0.25, 0.3) is 11.5 Å². The lowest BCUT2D eigenvalue weighted by molar-refractivity contribution is -0.129. The van der Waals surface area contributed by atoms with E-state index in [0.29, 0.717) is 15.6 Å². The van der Waals surface area contributed by atoms with Gasteiger partial charge in [0.15, 0.2) is 6.10 Å². The molecule has 0 unspecified atom stereocenters. The van der Waals surface area contributed by atoms with E-state index in [2.05, 4.69) is 10.3 Å². The zero-order valence-corrected chi connectivity index (χ0v) is 15.0. The molecular formula is C17H16Cl2N2O4. The van der Waals surface area contributed by atoms with E-state index in [1.165, 1.54) is 25.3 Å². The van der Waals surface area contributed by atoms with Gasteiger partial charge in [-0.2, -0.15) is 0 Å². The highest BCUT2D eigenvalue weighted by Crippen LogP contribution is 2.26. The number of aromatic amines is 1. The van der Waals surface area contributed by atoms with Crippen LogP contribution in [0, 0.1) is 0 Å². The number of pyridine rings is 1. The molecule has 0 aliphatic carbocycles. The molecule has 2 aromatic rings. The Kier molecular flexibility index (Phi) is 6.22. The summed E-state index contributed by atoms with van der Waals surface area (Å²) in [6.45, 7) is 3.16. The molecule has 1 heterocycles. The largest absolute Gasteiger partial charge is 0.449 e. The Hall–Kier alpha value is -2.31. The lowest BCUT2D eigenvalue weighted by Crippen LogP contribution is -2.38. The Bertz CT molecular complexity index is 851. The molecule has 2 atom stereocenters. The zero-order valence-electron chi connectivity index (χ0n) is 13.5. The maximum Gasteiger partial charge on any atom is 0.344 e. The van der Waals surface area contributed by atoms with Gasteiger partial charge in [0.05, 0.1) is 6.04 Å². The van der Waals surface area contributed by atoms with E-state index in [9.17, 15) is 14.4 Å². The number of benzene rings is 1. The van der Waals surface area contributed by atoms with E-state index < -0.39 is 29.6 Å². The first-order valence-electron chi connectivity index (χ1n) is 7.43. The van der Waals surface area contributed by atoms with Crippen molar-refractivity contribution in [2.24, 2.45) is 0 Å². The molecule has 8 heteroatoms. The quantitative estimate of drug-likeness (QED) is 0.777. The van der Waals surface area contributed by atoms with Crippen molar-refractivity contribution in [2.75, 3.05) is 0 Å². The molecule has 0 bridgehead atoms. The summed E-state index contributed by atoms with van der Waals surface area (Å²) in [5, 5.41) is 3.60. The number of carbonyl (C=O) groups is 2. The number of hydrogen-bond acceptors (Lipinski definition) is 4. The number of H-pyrrole nitrogens is 1. The van der Waals surface area contributed by atoms with Crippen LogP contribution in [0.25, 0.3) is 0 Å². The van der Waals surface area contributed by atoms with E-state index in [4.69, 9.17) is 27.9 Å². The van der Waals surface area contributed by atoms with E-state index in [-0.39, 0.29) is 5.56 Å². The molecular weight excluding hydrogens is 367 g/mol. The smallest absolute Gasteiger partial charge is 0.344 e. The van der Waals surface area contributed by atoms with Gasteiger partial charge in [0.2, 0.25) is 0 Å². The molecule has 0 spiro atoms. The number of carbonyl (C=O) groups excluding carboxylic acids is 2. The molecule has 132 valence electrons. The first-order chi connectivity index (χ1) is 11.8. The van der Waals surface area contributed by atoms with Crippen molar-refractivity contribution in [3.63, 3.8) is 0 Å². The summed E-state index contributed by atoms with van der Waals surface area (Å²) in [4.78, 5) is 38.1. The fraction of sp³-hybridized carbons (Fsp3) is 0.235. The Morgan fingerprint density at radius 1 is 1.20 bits per heavy atom. The van der Waals surface area contributed by atoms with E-state index in [1.807, 2.05) is 0 Å². The van der Waals surface area contributed by atoms with Gasteiger partial charge in [-0.05, 0) is 43.7 Å². The van der Waals surface area contributed by atoms with Crippen LogP contribution < -0.4 is 10.9 Å². The Morgan fingerprint density at radius 2 is 1.92 bits per heavy atom. The predicted molar refractivity (Wildman–Crippen MR) is 95.0 cm³/mol. The molecule has 0 aliphatic rings. The minimum Gasteiger partial charge on any atom is -0.449 e. The maximum atomic E-state index is 12.2. The number of nitrogens with one attached hydrogen (secondary N) is 2. The molecule has 0 radical (unpaired) electrons. The van der Waals surface area contributed by atoms with Gasteiger partial charge in [0, 0.05) is 16.2 Å². The first-order valence-corrected chi connectivity index (χ1v) is 8.19. The molecule has 0 aliphatic heterocycles. The number of esters is 1. The summed E-state index contributed by atoms with van der Waals surface area (Å²) < 4.78 is 5.04. The van der Waals surface area contributed by atoms with Crippen molar-refractivity contribution in [3.8, 4) is 0 Å². The van der Waals surface area contributed by atoms with Crippen LogP contribution in [0.1, 0.15) is 35.8 Å². The van der Waals surface area contributed by atoms with Crippen LogP contribution >= 0.6 is 23.2 Å². The van der Waals surface area contributed by atoms with Gasteiger partial charge in [-0.25, -0.2) is 4.79 Å². The van der Waals surface area contributed by atoms with Crippen LogP contribution in [-0.2, 0) is 9.53 Å². The summed E-state index contributed by atoms with van der Waals surface area (Å²) in [7, 11) is 0. The zero-order chi connectivity index (χ0) is 18.6. The summed E-state index contributed by atoms with van der Waals surface area (Å²) in [5.41, 5.74) is -0.0742. The van der Waals surface area contributed by atoms with Gasteiger partial charge >= 0.3 is 5.97 Å². The third-order valence-electron chi connectivity index (χ3n) is 3.48. The van der Waals surface area contributed by atoms with E-state index in [1.54, 1.807) is 25.1 Å². The van der Waals surface area contributed by atoms with Crippen molar-refractivity contribution in [3.05, 3.63) is 68.1 Å². The molecule has 2 rings (SSSR count). The second-order valence-corrected chi connectivity index (χ2v) is 6.20. The molecule has 0 saturated carbocycles. The average Bonchev–Trinajstić information content (AvgIpc) is 2.54. The van der Waals surface area contributed by atoms with Crippen molar-refractivity contribution in [1.29, 1.82) is 0 Å². The third-order valence-corrected chi connectivity index (χ3v) is 4.04. The van der Waals surface area contributed by atoms with Crippen molar-refractivity contribution < 1.29 is 14.3 Å². The molecule has 0 fully saturated rings. The van der Waals surface area contributed by atoms with Crippen LogP contribution in [0.5, 0.6) is 0 Å². The minimum atomic E-state index is -1.08. The van der Waals surface area contributed by atoms with E-state index >= 15 is 0 Å². The number of amides is 1. The minimum absolute atomic E-state index is 0.170. The molecule has 1 aromatic carbocycles. The SMILES string of the molecule is C[C@H](OC(=O)c1ccc[nH]c1=O)C(=O)N[C@H](C)c1ccc(Cl)cc1Cl. The first kappa shape index (κ1) is 19.0. The van der Waals surface area contributed by atoms with Gasteiger partial charge in [-0.1, -0.05) is 29.3 Å². The van der Waals surface area contributed by atoms with Gasteiger partial charge in [-0.15, -0.1) is 0 Å². The normalized spacial score (nSPS) is 13.0. The summed E-state index contributed by atoms with van der Waals surface area (Å²) in [5.74, 6) is -1.39. The fourth-order valence-corrected chi connectivity index (χ4v) is 2.69. The number of hydrogen-bond donors (Lipinski definition) is 2. The second-order valence-electron chi connectivity index (χ2n) is 5.36. The topological polar surface area (TPSA) is 88.3 Å². The fourth-order valence-electron chi connectivity index (χ4n) is 2.12. The standard InChI is InChI=1S/C17H16Cl2N2O4/c1-9(12-6-5-11(18)8-14(12)19)21-15(22)10(2)25-17(24)13-4-3-7-20-16(13)23/h3-10H,1-2H3,(H,20,23)(H,21,22)/t9-,10+/m1/s1. The summed E-state index contributed by atoms with van der Waals surface area (Å²) in [6.07, 6.45) is 0.313. The monoisotopic (exact) mass is 382 g/mol. The second kappa shape index (κ2) is 8.18. The Morgan fingerprint density at radius 3 is 2.56 bits per heavy atom. The number of halogens is 2. The van der Waals surface area contributed by atoms with Crippen LogP contribution in [-0.4, -0.2) is 23.0 Å². The molecule has 2 N–H and O–H groups in total. The van der Waals surface area contributed by atoms with Crippen molar-refractivity contribution in [1.82, 2.24) is 10.3 Å². The molecule has 1 aromatic heterocycles. The van der Waals surface area contributed by atoms with Crippen LogP contribution in [0.3, 0.4) is 0 Å². The average molecular weight is 383 g/mol. The van der Waals surface area contributed by atoms with Crippen LogP contribution in [0.15, 0.2) is 41.3 Å². The van der Waals surface area contributed by atoms with Crippen molar-refractivity contribution in [2.45, 2.75) is 26.0 Å². The molecule has 25 heavy (non-hydrogen) atoms. The highest BCUT2D eigenvalue weighted by molar-refractivity contribution is 6.35. The molecule has 0 saturated heterocycles. The maximum absolute atomic E-state index is 12.2. The number of aromatic nitrogens is 1. The van der Waals surface area contributed by atoms with Crippen LogP contribution in [0.4, 0.5) is 0 Å². The summed E-state index contributed by atoms with van der Waals surface area (Å²) in [6, 6.07) is 7.34. The van der Waals surface area contributed by atoms with Crippen LogP contribution in [0.2, 0.25) is 10.0 Å². The van der Waals surface area contributed by atoms with Crippen molar-refractivity contribution >= 4 is 35.1 Å². The number of rotatable bonds is 5. The lowest BCUT2D eigenvalue weighted by Gasteiger charge is -2.19. The van der Waals surface area contributed by atoms with E-state index in [0.717, 1.165) is 0 Å².